The molecule has 39 heavy (non-hydrogen) atoms. The molecule has 1 aliphatic heterocycles. The molecular formula is C31H26N4O4. The summed E-state index contributed by atoms with van der Waals surface area (Å²) in [6, 6.07) is 24.4. The molecule has 0 atom stereocenters. The molecule has 2 aromatic heterocycles. The van der Waals surface area contributed by atoms with Gasteiger partial charge in [-0.05, 0) is 65.0 Å². The van der Waals surface area contributed by atoms with E-state index in [9.17, 15) is 14.7 Å². The number of aromatic carboxylic acids is 1. The van der Waals surface area contributed by atoms with Gasteiger partial charge < -0.3 is 25.0 Å². The summed E-state index contributed by atoms with van der Waals surface area (Å²) in [6.07, 6.45) is 5.36. The van der Waals surface area contributed by atoms with Gasteiger partial charge in [0.1, 0.15) is 11.9 Å². The second-order valence-corrected chi connectivity index (χ2v) is 9.54. The number of nitrogens with one attached hydrogen (secondary N) is 2. The molecule has 5 aromatic rings. The average Bonchev–Trinajstić information content (AvgIpc) is 3.39. The lowest BCUT2D eigenvalue weighted by atomic mass is 9.94. The second kappa shape index (κ2) is 10.3. The minimum absolute atomic E-state index is 0.0306. The molecule has 0 radical (unpaired) electrons. The fourth-order valence-electron chi connectivity index (χ4n) is 4.90. The van der Waals surface area contributed by atoms with Crippen LogP contribution in [0.2, 0.25) is 0 Å². The maximum absolute atomic E-state index is 12.3. The lowest BCUT2D eigenvalue weighted by Crippen LogP contribution is -2.54. The predicted molar refractivity (Wildman–Crippen MR) is 150 cm³/mol. The van der Waals surface area contributed by atoms with Crippen molar-refractivity contribution < 1.29 is 19.4 Å². The van der Waals surface area contributed by atoms with Crippen molar-refractivity contribution >= 4 is 34.2 Å². The first-order valence-corrected chi connectivity index (χ1v) is 12.7. The summed E-state index contributed by atoms with van der Waals surface area (Å²) in [6.45, 7) is 1.27. The number of carbonyl (C=O) groups is 2. The Morgan fingerprint density at radius 2 is 1.87 bits per heavy atom. The third kappa shape index (κ3) is 5.17. The summed E-state index contributed by atoms with van der Waals surface area (Å²) in [5.41, 5.74) is 5.20. The van der Waals surface area contributed by atoms with Gasteiger partial charge in [-0.3, -0.25) is 9.78 Å². The zero-order valence-electron chi connectivity index (χ0n) is 21.0. The molecule has 0 spiro atoms. The molecule has 3 N–H and O–H groups in total. The van der Waals surface area contributed by atoms with E-state index in [1.165, 1.54) is 0 Å². The Bertz CT molecular complexity index is 1640. The number of hydrogen-bond acceptors (Lipinski definition) is 5. The van der Waals surface area contributed by atoms with Crippen LogP contribution < -0.4 is 15.0 Å². The second-order valence-electron chi connectivity index (χ2n) is 9.54. The maximum atomic E-state index is 12.3. The van der Waals surface area contributed by atoms with E-state index in [1.54, 1.807) is 36.7 Å². The van der Waals surface area contributed by atoms with Crippen LogP contribution in [0.3, 0.4) is 0 Å². The fraction of sp³-hybridized carbons (Fsp3) is 0.129. The Morgan fingerprint density at radius 3 is 2.64 bits per heavy atom. The summed E-state index contributed by atoms with van der Waals surface area (Å²) < 4.78 is 6.16. The largest absolute Gasteiger partial charge is 0.487 e. The van der Waals surface area contributed by atoms with Gasteiger partial charge in [0.25, 0.3) is 0 Å². The Hall–Kier alpha value is -5.11. The van der Waals surface area contributed by atoms with Crippen LogP contribution >= 0.6 is 0 Å². The number of aromatic nitrogens is 2. The number of H-pyrrole nitrogens is 1. The molecule has 3 heterocycles. The number of carboxylic acids is 1. The molecule has 6 rings (SSSR count). The normalized spacial score (nSPS) is 13.2. The number of carbonyl (C=O) groups excluding carboxylic acids is 1. The first-order chi connectivity index (χ1) is 19.0. The third-order valence-electron chi connectivity index (χ3n) is 6.84. The van der Waals surface area contributed by atoms with E-state index in [-0.39, 0.29) is 24.0 Å². The van der Waals surface area contributed by atoms with Crippen molar-refractivity contribution in [1.29, 1.82) is 0 Å². The van der Waals surface area contributed by atoms with Crippen molar-refractivity contribution in [1.82, 2.24) is 9.97 Å². The number of carboxylic acid groups (broad SMARTS) is 1. The molecule has 1 amide bonds. The number of fused-ring (bicyclic) bond motifs is 1. The minimum atomic E-state index is -0.957. The Morgan fingerprint density at radius 1 is 1.03 bits per heavy atom. The van der Waals surface area contributed by atoms with Crippen molar-refractivity contribution in [3.8, 4) is 16.9 Å². The number of pyridine rings is 1. The molecule has 1 saturated heterocycles. The number of ether oxygens (including phenoxy) is 1. The summed E-state index contributed by atoms with van der Waals surface area (Å²) >= 11 is 0. The SMILES string of the molecule is O=C(Cc1ccc(OC2CN(c3cccc(C(=O)O)c3-c3ccc4cc[nH]c4c3)C2)cc1)Nc1cccnc1. The van der Waals surface area contributed by atoms with E-state index >= 15 is 0 Å². The predicted octanol–water partition coefficient (Wildman–Crippen LogP) is 5.38. The van der Waals surface area contributed by atoms with Gasteiger partial charge in [-0.1, -0.05) is 30.3 Å². The van der Waals surface area contributed by atoms with Crippen LogP contribution in [0.1, 0.15) is 15.9 Å². The van der Waals surface area contributed by atoms with Gasteiger partial charge in [-0.25, -0.2) is 4.79 Å². The number of benzene rings is 3. The first kappa shape index (κ1) is 24.2. The van der Waals surface area contributed by atoms with Crippen molar-refractivity contribution in [2.75, 3.05) is 23.3 Å². The van der Waals surface area contributed by atoms with Crippen LogP contribution in [-0.2, 0) is 11.2 Å². The zero-order valence-corrected chi connectivity index (χ0v) is 21.0. The van der Waals surface area contributed by atoms with Crippen LogP contribution in [0, 0.1) is 0 Å². The minimum Gasteiger partial charge on any atom is -0.487 e. The van der Waals surface area contributed by atoms with Gasteiger partial charge in [0.2, 0.25) is 5.91 Å². The maximum Gasteiger partial charge on any atom is 0.336 e. The number of aromatic amines is 1. The molecule has 0 bridgehead atoms. The fourth-order valence-corrected chi connectivity index (χ4v) is 4.90. The summed E-state index contributed by atoms with van der Waals surface area (Å²) in [5.74, 6) is -0.338. The molecule has 0 saturated carbocycles. The van der Waals surface area contributed by atoms with E-state index in [1.807, 2.05) is 60.8 Å². The smallest absolute Gasteiger partial charge is 0.336 e. The van der Waals surface area contributed by atoms with Crippen molar-refractivity contribution in [2.45, 2.75) is 12.5 Å². The van der Waals surface area contributed by atoms with Gasteiger partial charge in [0, 0.05) is 29.2 Å². The number of anilines is 2. The lowest BCUT2D eigenvalue weighted by molar-refractivity contribution is -0.115. The van der Waals surface area contributed by atoms with E-state index < -0.39 is 5.97 Å². The van der Waals surface area contributed by atoms with Crippen molar-refractivity contribution in [3.05, 3.63) is 109 Å². The van der Waals surface area contributed by atoms with Crippen LogP contribution in [0.15, 0.2) is 97.5 Å². The third-order valence-corrected chi connectivity index (χ3v) is 6.84. The Labute approximate surface area is 224 Å². The van der Waals surface area contributed by atoms with E-state index in [0.717, 1.165) is 33.5 Å². The molecule has 1 aliphatic rings. The average molecular weight is 519 g/mol. The first-order valence-electron chi connectivity index (χ1n) is 12.7. The highest BCUT2D eigenvalue weighted by molar-refractivity contribution is 6.02. The highest BCUT2D eigenvalue weighted by Gasteiger charge is 2.31. The highest BCUT2D eigenvalue weighted by atomic mass is 16.5. The molecule has 3 aromatic carbocycles. The monoisotopic (exact) mass is 518 g/mol. The van der Waals surface area contributed by atoms with E-state index in [2.05, 4.69) is 20.2 Å². The molecule has 0 aliphatic carbocycles. The van der Waals surface area contributed by atoms with Crippen LogP contribution in [-0.4, -0.2) is 46.1 Å². The van der Waals surface area contributed by atoms with Crippen LogP contribution in [0.5, 0.6) is 5.75 Å². The summed E-state index contributed by atoms with van der Waals surface area (Å²) in [4.78, 5) is 33.8. The standard InChI is InChI=1S/C31H26N4O4/c36-29(34-23-3-2-13-32-17-23)15-20-6-10-24(11-7-20)39-25-18-35(19-25)28-5-1-4-26(31(37)38)30(28)22-9-8-21-12-14-33-27(21)16-22/h1-14,16-17,25,33H,15,18-19H2,(H,34,36)(H,37,38). The molecular weight excluding hydrogens is 492 g/mol. The van der Waals surface area contributed by atoms with Gasteiger partial charge in [0.05, 0.1) is 37.0 Å². The molecule has 8 nitrogen and oxygen atoms in total. The number of amides is 1. The summed E-state index contributed by atoms with van der Waals surface area (Å²) in [7, 11) is 0. The molecule has 0 unspecified atom stereocenters. The number of nitrogens with zero attached hydrogens (tertiary/aromatic N) is 2. The molecule has 8 heteroatoms. The topological polar surface area (TPSA) is 108 Å². The molecule has 194 valence electrons. The van der Waals surface area contributed by atoms with Crippen LogP contribution in [0.4, 0.5) is 11.4 Å². The zero-order chi connectivity index (χ0) is 26.8. The van der Waals surface area contributed by atoms with E-state index in [0.29, 0.717) is 24.3 Å². The van der Waals surface area contributed by atoms with Gasteiger partial charge in [0.15, 0.2) is 0 Å². The summed E-state index contributed by atoms with van der Waals surface area (Å²) in [5, 5.41) is 13.8. The highest BCUT2D eigenvalue weighted by Crippen LogP contribution is 2.38. The Kier molecular flexibility index (Phi) is 6.42. The van der Waals surface area contributed by atoms with Gasteiger partial charge in [-0.15, -0.1) is 0 Å². The quantitative estimate of drug-likeness (QED) is 0.255. The van der Waals surface area contributed by atoms with Gasteiger partial charge in [-0.2, -0.15) is 0 Å². The van der Waals surface area contributed by atoms with E-state index in [4.69, 9.17) is 4.74 Å². The van der Waals surface area contributed by atoms with Crippen molar-refractivity contribution in [2.24, 2.45) is 0 Å². The molecule has 1 fully saturated rings. The van der Waals surface area contributed by atoms with Gasteiger partial charge >= 0.3 is 5.97 Å². The number of rotatable bonds is 8. The number of hydrogen-bond donors (Lipinski definition) is 3. The van der Waals surface area contributed by atoms with Crippen molar-refractivity contribution in [3.63, 3.8) is 0 Å². The van der Waals surface area contributed by atoms with Crippen LogP contribution in [0.25, 0.3) is 22.0 Å². The Balaban J connectivity index is 1.12. The lowest BCUT2D eigenvalue weighted by Gasteiger charge is -2.41.